The maximum absolute atomic E-state index is 12.5. The van der Waals surface area contributed by atoms with Gasteiger partial charge in [0.25, 0.3) is 0 Å². The molecule has 1 heterocycles. The zero-order valence-electron chi connectivity index (χ0n) is 23.3. The second kappa shape index (κ2) is 20.8. The molecule has 38 heavy (non-hydrogen) atoms. The van der Waals surface area contributed by atoms with Crippen LogP contribution in [0.2, 0.25) is 0 Å². The van der Waals surface area contributed by atoms with Gasteiger partial charge >= 0.3 is 11.9 Å². The molecule has 1 rings (SSSR count). The number of rotatable bonds is 20. The molecule has 0 aromatic rings. The number of terminal acetylenes is 1. The van der Waals surface area contributed by atoms with E-state index >= 15 is 0 Å². The summed E-state index contributed by atoms with van der Waals surface area (Å²) in [5.41, 5.74) is 0. The SMILES string of the molecule is C#CC(=O)OC[C@H]1O[C@H](O)[C@H](NC(C)=O)[C@@H](OC(=O)CCCCCCCCCCCCCCCCC)[C@@H]1O. The van der Waals surface area contributed by atoms with Crippen molar-refractivity contribution in [2.45, 2.75) is 147 Å². The third-order valence-electron chi connectivity index (χ3n) is 6.81. The van der Waals surface area contributed by atoms with Crippen molar-refractivity contribution in [2.75, 3.05) is 6.61 Å². The van der Waals surface area contributed by atoms with Crippen LogP contribution in [0.15, 0.2) is 0 Å². The van der Waals surface area contributed by atoms with Crippen LogP contribution < -0.4 is 5.32 Å². The molecule has 0 unspecified atom stereocenters. The summed E-state index contributed by atoms with van der Waals surface area (Å²) in [4.78, 5) is 35.3. The fourth-order valence-corrected chi connectivity index (χ4v) is 4.65. The molecule has 0 aliphatic carbocycles. The number of ether oxygens (including phenoxy) is 3. The van der Waals surface area contributed by atoms with Crippen molar-refractivity contribution < 1.29 is 38.8 Å². The van der Waals surface area contributed by atoms with E-state index in [1.54, 1.807) is 5.92 Å². The Morgan fingerprint density at radius 3 is 1.84 bits per heavy atom. The van der Waals surface area contributed by atoms with Gasteiger partial charge in [-0.1, -0.05) is 96.8 Å². The highest BCUT2D eigenvalue weighted by atomic mass is 16.6. The van der Waals surface area contributed by atoms with Crippen LogP contribution in [-0.2, 0) is 28.6 Å². The molecular weight excluding hydrogens is 490 g/mol. The molecule has 0 radical (unpaired) electrons. The van der Waals surface area contributed by atoms with E-state index in [2.05, 4.69) is 12.2 Å². The molecule has 0 spiro atoms. The van der Waals surface area contributed by atoms with E-state index in [0.717, 1.165) is 19.3 Å². The first-order valence-corrected chi connectivity index (χ1v) is 14.4. The third-order valence-corrected chi connectivity index (χ3v) is 6.81. The Labute approximate surface area is 228 Å². The topological polar surface area (TPSA) is 131 Å². The van der Waals surface area contributed by atoms with E-state index in [4.69, 9.17) is 20.6 Å². The fourth-order valence-electron chi connectivity index (χ4n) is 4.65. The molecule has 218 valence electrons. The molecule has 1 amide bonds. The molecule has 0 saturated carbocycles. The van der Waals surface area contributed by atoms with Crippen LogP contribution in [0, 0.1) is 12.3 Å². The summed E-state index contributed by atoms with van der Waals surface area (Å²) in [5.74, 6) is -0.233. The van der Waals surface area contributed by atoms with Crippen molar-refractivity contribution in [1.29, 1.82) is 0 Å². The highest BCUT2D eigenvalue weighted by Crippen LogP contribution is 2.24. The molecule has 0 aromatic carbocycles. The second-order valence-electron chi connectivity index (χ2n) is 10.2. The van der Waals surface area contributed by atoms with Gasteiger partial charge in [-0.15, -0.1) is 6.42 Å². The fraction of sp³-hybridized carbons (Fsp3) is 0.828. The van der Waals surface area contributed by atoms with E-state index in [1.165, 1.54) is 77.6 Å². The van der Waals surface area contributed by atoms with E-state index in [1.807, 2.05) is 0 Å². The third kappa shape index (κ3) is 14.7. The average Bonchev–Trinajstić information content (AvgIpc) is 2.89. The van der Waals surface area contributed by atoms with Gasteiger partial charge in [-0.05, 0) is 6.42 Å². The molecule has 1 fully saturated rings. The number of carbonyl (C=O) groups excluding carboxylic acids is 3. The molecule has 1 aliphatic heterocycles. The Kier molecular flexibility index (Phi) is 18.5. The minimum atomic E-state index is -1.58. The smallest absolute Gasteiger partial charge is 0.384 e. The lowest BCUT2D eigenvalue weighted by Gasteiger charge is -2.42. The minimum absolute atomic E-state index is 0.155. The largest absolute Gasteiger partial charge is 0.457 e. The van der Waals surface area contributed by atoms with Crippen LogP contribution in [0.4, 0.5) is 0 Å². The van der Waals surface area contributed by atoms with Gasteiger partial charge in [-0.25, -0.2) is 4.79 Å². The number of unbranched alkanes of at least 4 members (excludes halogenated alkanes) is 14. The summed E-state index contributed by atoms with van der Waals surface area (Å²) < 4.78 is 15.5. The molecule has 1 aliphatic rings. The van der Waals surface area contributed by atoms with Gasteiger partial charge in [0.15, 0.2) is 12.4 Å². The van der Waals surface area contributed by atoms with E-state index in [0.29, 0.717) is 6.42 Å². The van der Waals surface area contributed by atoms with E-state index in [9.17, 15) is 24.6 Å². The van der Waals surface area contributed by atoms with Crippen molar-refractivity contribution in [1.82, 2.24) is 5.32 Å². The highest BCUT2D eigenvalue weighted by Gasteiger charge is 2.47. The average molecular weight is 540 g/mol. The highest BCUT2D eigenvalue weighted by molar-refractivity contribution is 5.87. The van der Waals surface area contributed by atoms with Crippen LogP contribution in [-0.4, -0.2) is 65.3 Å². The lowest BCUT2D eigenvalue weighted by atomic mass is 9.96. The number of hydrogen-bond donors (Lipinski definition) is 3. The summed E-state index contributed by atoms with van der Waals surface area (Å²) in [5, 5.41) is 23.4. The Hall–Kier alpha value is -2.15. The summed E-state index contributed by atoms with van der Waals surface area (Å²) in [7, 11) is 0. The van der Waals surface area contributed by atoms with E-state index in [-0.39, 0.29) is 6.42 Å². The Morgan fingerprint density at radius 1 is 0.868 bits per heavy atom. The summed E-state index contributed by atoms with van der Waals surface area (Å²) in [6, 6.07) is -1.17. The van der Waals surface area contributed by atoms with Gasteiger partial charge in [0, 0.05) is 19.3 Å². The quantitative estimate of drug-likeness (QED) is 0.0918. The lowest BCUT2D eigenvalue weighted by Crippen LogP contribution is -2.65. The van der Waals surface area contributed by atoms with E-state index < -0.39 is 55.1 Å². The number of nitrogens with one attached hydrogen (secondary N) is 1. The number of amides is 1. The van der Waals surface area contributed by atoms with Crippen molar-refractivity contribution in [3.63, 3.8) is 0 Å². The van der Waals surface area contributed by atoms with Gasteiger partial charge < -0.3 is 29.7 Å². The maximum Gasteiger partial charge on any atom is 0.384 e. The Morgan fingerprint density at radius 2 is 1.37 bits per heavy atom. The number of esters is 2. The standard InChI is InChI=1S/C29H49NO8/c1-4-6-7-8-9-10-11-12-13-14-15-16-17-18-19-20-25(33)38-28-26(30-22(3)31)29(35)37-23(27(28)34)21-36-24(32)5-2/h2,23,26-29,34-35H,4,6-21H2,1,3H3,(H,30,31)/t23-,26-,27-,28-,29+/m1/s1. The number of carbonyl (C=O) groups is 3. The Bertz CT molecular complexity index is 722. The molecule has 9 nitrogen and oxygen atoms in total. The molecular formula is C29H49NO8. The van der Waals surface area contributed by atoms with Crippen molar-refractivity contribution in [2.24, 2.45) is 0 Å². The second-order valence-corrected chi connectivity index (χ2v) is 10.2. The van der Waals surface area contributed by atoms with Gasteiger partial charge in [0.1, 0.15) is 24.9 Å². The lowest BCUT2D eigenvalue weighted by molar-refractivity contribution is -0.260. The number of aliphatic hydroxyl groups is 2. The van der Waals surface area contributed by atoms with Crippen LogP contribution in [0.1, 0.15) is 117 Å². The molecule has 1 saturated heterocycles. The zero-order chi connectivity index (χ0) is 28.2. The van der Waals surface area contributed by atoms with Gasteiger partial charge in [-0.2, -0.15) is 0 Å². The first-order valence-electron chi connectivity index (χ1n) is 14.4. The first-order chi connectivity index (χ1) is 18.3. The molecule has 5 atom stereocenters. The van der Waals surface area contributed by atoms with Crippen molar-refractivity contribution >= 4 is 17.8 Å². The predicted octanol–water partition coefficient (Wildman–Crippen LogP) is 3.92. The Balaban J connectivity index is 2.27. The molecule has 9 heteroatoms. The first kappa shape index (κ1) is 33.9. The van der Waals surface area contributed by atoms with Crippen molar-refractivity contribution in [3.8, 4) is 12.3 Å². The van der Waals surface area contributed by atoms with Crippen molar-refractivity contribution in [3.05, 3.63) is 0 Å². The summed E-state index contributed by atoms with van der Waals surface area (Å²) in [6.45, 7) is 3.03. The van der Waals surface area contributed by atoms with Crippen LogP contribution in [0.5, 0.6) is 0 Å². The number of hydrogen-bond acceptors (Lipinski definition) is 8. The van der Waals surface area contributed by atoms with Gasteiger partial charge in [0.05, 0.1) is 0 Å². The molecule has 3 N–H and O–H groups in total. The number of aliphatic hydroxyl groups excluding tert-OH is 2. The summed E-state index contributed by atoms with van der Waals surface area (Å²) in [6.07, 6.45) is 17.9. The minimum Gasteiger partial charge on any atom is -0.457 e. The molecule has 0 bridgehead atoms. The molecule has 0 aromatic heterocycles. The van der Waals surface area contributed by atoms with Crippen LogP contribution in [0.3, 0.4) is 0 Å². The van der Waals surface area contributed by atoms with Crippen LogP contribution >= 0.6 is 0 Å². The maximum atomic E-state index is 12.5. The normalized spacial score (nSPS) is 22.9. The zero-order valence-corrected chi connectivity index (χ0v) is 23.3. The monoisotopic (exact) mass is 539 g/mol. The van der Waals surface area contributed by atoms with Gasteiger partial charge in [0.2, 0.25) is 5.91 Å². The predicted molar refractivity (Wildman–Crippen MR) is 144 cm³/mol. The summed E-state index contributed by atoms with van der Waals surface area (Å²) >= 11 is 0. The van der Waals surface area contributed by atoms with Crippen LogP contribution in [0.25, 0.3) is 0 Å². The van der Waals surface area contributed by atoms with Gasteiger partial charge in [-0.3, -0.25) is 9.59 Å².